The molecule has 0 radical (unpaired) electrons. The maximum absolute atomic E-state index is 11.1. The Morgan fingerprint density at radius 3 is 3.00 bits per heavy atom. The van der Waals surface area contributed by atoms with Crippen molar-refractivity contribution in [1.29, 1.82) is 0 Å². The van der Waals surface area contributed by atoms with Crippen LogP contribution in [0.4, 0.5) is 0 Å². The van der Waals surface area contributed by atoms with Gasteiger partial charge in [-0.25, -0.2) is 9.97 Å². The molecule has 0 bridgehead atoms. The molecule has 2 aromatic heterocycles. The smallest absolute Gasteiger partial charge is 0.248 e. The lowest BCUT2D eigenvalue weighted by Gasteiger charge is -2.05. The highest BCUT2D eigenvalue weighted by molar-refractivity contribution is 7.17. The molecule has 0 unspecified atom stereocenters. The molecule has 94 valence electrons. The monoisotopic (exact) mass is 271 g/mol. The fraction of sp³-hybridized carbons (Fsp3) is 0. The van der Waals surface area contributed by atoms with Gasteiger partial charge in [0.05, 0.1) is 5.52 Å². The summed E-state index contributed by atoms with van der Waals surface area (Å²) in [4.78, 5) is 19.4. The number of thiophene rings is 1. The third-order valence-electron chi connectivity index (χ3n) is 2.54. The van der Waals surface area contributed by atoms with E-state index >= 15 is 0 Å². The average molecular weight is 271 g/mol. The number of carbonyl (C=O) groups is 1. The number of fused-ring (bicyclic) bond motifs is 1. The predicted octanol–water partition coefficient (Wildman–Crippen LogP) is 2.58. The summed E-state index contributed by atoms with van der Waals surface area (Å²) >= 11 is 1.50. The SMILES string of the molecule is NC(=O)c1cccc(Oc2ncnc3ccsc23)c1. The standard InChI is InChI=1S/C13H9N3O2S/c14-12(17)8-2-1-3-9(6-8)18-13-11-10(4-5-19-11)15-7-16-13/h1-7H,(H2,14,17). The van der Waals surface area contributed by atoms with E-state index in [9.17, 15) is 4.79 Å². The molecule has 0 saturated heterocycles. The lowest BCUT2D eigenvalue weighted by molar-refractivity contribution is 0.1000. The van der Waals surface area contributed by atoms with Crippen LogP contribution in [-0.4, -0.2) is 15.9 Å². The Labute approximate surface area is 112 Å². The Kier molecular flexibility index (Phi) is 2.85. The van der Waals surface area contributed by atoms with Gasteiger partial charge in [-0.3, -0.25) is 4.79 Å². The Morgan fingerprint density at radius 1 is 1.26 bits per heavy atom. The summed E-state index contributed by atoms with van der Waals surface area (Å²) in [5, 5.41) is 1.92. The number of carbonyl (C=O) groups excluding carboxylic acids is 1. The Hall–Kier alpha value is -2.47. The van der Waals surface area contributed by atoms with Crippen LogP contribution in [0, 0.1) is 0 Å². The van der Waals surface area contributed by atoms with Crippen LogP contribution in [0.2, 0.25) is 0 Å². The molecule has 1 aromatic carbocycles. The molecule has 0 atom stereocenters. The highest BCUT2D eigenvalue weighted by Crippen LogP contribution is 2.30. The molecule has 5 nitrogen and oxygen atoms in total. The molecule has 19 heavy (non-hydrogen) atoms. The minimum atomic E-state index is -0.491. The molecule has 0 spiro atoms. The highest BCUT2D eigenvalue weighted by Gasteiger charge is 2.08. The minimum absolute atomic E-state index is 0.397. The predicted molar refractivity (Wildman–Crippen MR) is 72.4 cm³/mol. The first-order chi connectivity index (χ1) is 9.24. The van der Waals surface area contributed by atoms with Gasteiger partial charge in [0.15, 0.2) is 0 Å². The van der Waals surface area contributed by atoms with Crippen molar-refractivity contribution in [2.24, 2.45) is 5.73 Å². The summed E-state index contributed by atoms with van der Waals surface area (Å²) in [7, 11) is 0. The van der Waals surface area contributed by atoms with Gasteiger partial charge >= 0.3 is 0 Å². The number of hydrogen-bond donors (Lipinski definition) is 1. The van der Waals surface area contributed by atoms with E-state index in [1.165, 1.54) is 17.7 Å². The highest BCUT2D eigenvalue weighted by atomic mass is 32.1. The van der Waals surface area contributed by atoms with E-state index in [4.69, 9.17) is 10.5 Å². The molecule has 0 aliphatic heterocycles. The van der Waals surface area contributed by atoms with Crippen LogP contribution in [-0.2, 0) is 0 Å². The molecule has 0 saturated carbocycles. The second-order valence-electron chi connectivity index (χ2n) is 3.81. The third kappa shape index (κ3) is 2.25. The maximum atomic E-state index is 11.1. The number of rotatable bonds is 3. The normalized spacial score (nSPS) is 10.5. The molecule has 3 rings (SSSR count). The molecule has 2 N–H and O–H groups in total. The van der Waals surface area contributed by atoms with Crippen LogP contribution in [0.3, 0.4) is 0 Å². The van der Waals surface area contributed by atoms with Crippen molar-refractivity contribution >= 4 is 27.5 Å². The molecule has 2 heterocycles. The molecule has 3 aromatic rings. The number of amides is 1. The Morgan fingerprint density at radius 2 is 2.16 bits per heavy atom. The number of hydrogen-bond acceptors (Lipinski definition) is 5. The number of ether oxygens (including phenoxy) is 1. The third-order valence-corrected chi connectivity index (χ3v) is 3.44. The van der Waals surface area contributed by atoms with E-state index < -0.39 is 5.91 Å². The van der Waals surface area contributed by atoms with Gasteiger partial charge in [-0.2, -0.15) is 0 Å². The van der Waals surface area contributed by atoms with Crippen molar-refractivity contribution in [3.05, 3.63) is 47.6 Å². The van der Waals surface area contributed by atoms with Crippen molar-refractivity contribution < 1.29 is 9.53 Å². The summed E-state index contributed by atoms with van der Waals surface area (Å²) in [6, 6.07) is 8.57. The number of nitrogens with two attached hydrogens (primary N) is 1. The largest absolute Gasteiger partial charge is 0.437 e. The first kappa shape index (κ1) is 11.6. The summed E-state index contributed by atoms with van der Waals surface area (Å²) in [5.41, 5.74) is 6.46. The van der Waals surface area contributed by atoms with Gasteiger partial charge in [0.25, 0.3) is 0 Å². The Balaban J connectivity index is 1.99. The lowest BCUT2D eigenvalue weighted by Crippen LogP contribution is -2.10. The van der Waals surface area contributed by atoms with Gasteiger partial charge in [-0.1, -0.05) is 6.07 Å². The van der Waals surface area contributed by atoms with Crippen molar-refractivity contribution in [1.82, 2.24) is 9.97 Å². The zero-order valence-corrected chi connectivity index (χ0v) is 10.6. The first-order valence-corrected chi connectivity index (χ1v) is 6.38. The minimum Gasteiger partial charge on any atom is -0.437 e. The van der Waals surface area contributed by atoms with Crippen molar-refractivity contribution in [2.45, 2.75) is 0 Å². The molecule has 0 fully saturated rings. The summed E-state index contributed by atoms with van der Waals surface area (Å²) in [5.74, 6) is 0.501. The zero-order chi connectivity index (χ0) is 13.2. The van der Waals surface area contributed by atoms with Gasteiger partial charge in [0, 0.05) is 5.56 Å². The fourth-order valence-electron chi connectivity index (χ4n) is 1.66. The number of nitrogens with zero attached hydrogens (tertiary/aromatic N) is 2. The van der Waals surface area contributed by atoms with Gasteiger partial charge in [0.1, 0.15) is 16.8 Å². The fourth-order valence-corrected chi connectivity index (χ4v) is 2.43. The second-order valence-corrected chi connectivity index (χ2v) is 4.72. The molecule has 0 aliphatic carbocycles. The lowest BCUT2D eigenvalue weighted by atomic mass is 10.2. The van der Waals surface area contributed by atoms with Gasteiger partial charge < -0.3 is 10.5 Å². The first-order valence-electron chi connectivity index (χ1n) is 5.50. The maximum Gasteiger partial charge on any atom is 0.248 e. The van der Waals surface area contributed by atoms with E-state index in [1.807, 2.05) is 11.4 Å². The summed E-state index contributed by atoms with van der Waals surface area (Å²) in [6.45, 7) is 0. The van der Waals surface area contributed by atoms with Crippen molar-refractivity contribution in [2.75, 3.05) is 0 Å². The average Bonchev–Trinajstić information content (AvgIpc) is 2.88. The van der Waals surface area contributed by atoms with E-state index in [2.05, 4.69) is 9.97 Å². The van der Waals surface area contributed by atoms with Crippen LogP contribution < -0.4 is 10.5 Å². The number of aromatic nitrogens is 2. The summed E-state index contributed by atoms with van der Waals surface area (Å²) < 4.78 is 6.56. The van der Waals surface area contributed by atoms with Crippen LogP contribution in [0.15, 0.2) is 42.0 Å². The summed E-state index contributed by atoms with van der Waals surface area (Å²) in [6.07, 6.45) is 1.45. The van der Waals surface area contributed by atoms with Crippen LogP contribution in [0.1, 0.15) is 10.4 Å². The van der Waals surface area contributed by atoms with E-state index in [-0.39, 0.29) is 0 Å². The van der Waals surface area contributed by atoms with Crippen LogP contribution in [0.25, 0.3) is 10.2 Å². The quantitative estimate of drug-likeness (QED) is 0.794. The van der Waals surface area contributed by atoms with Crippen molar-refractivity contribution in [3.63, 3.8) is 0 Å². The molecular formula is C13H9N3O2S. The Bertz CT molecular complexity index is 754. The van der Waals surface area contributed by atoms with E-state index in [0.717, 1.165) is 10.2 Å². The second kappa shape index (κ2) is 4.66. The molecule has 0 aliphatic rings. The molecule has 1 amide bonds. The van der Waals surface area contributed by atoms with E-state index in [0.29, 0.717) is 17.2 Å². The van der Waals surface area contributed by atoms with Crippen LogP contribution >= 0.6 is 11.3 Å². The topological polar surface area (TPSA) is 78.1 Å². The van der Waals surface area contributed by atoms with Gasteiger partial charge in [-0.05, 0) is 29.6 Å². The number of primary amides is 1. The van der Waals surface area contributed by atoms with Crippen molar-refractivity contribution in [3.8, 4) is 11.6 Å². The van der Waals surface area contributed by atoms with E-state index in [1.54, 1.807) is 24.3 Å². The number of benzene rings is 1. The van der Waals surface area contributed by atoms with Gasteiger partial charge in [-0.15, -0.1) is 11.3 Å². The molecule has 6 heteroatoms. The van der Waals surface area contributed by atoms with Gasteiger partial charge in [0.2, 0.25) is 11.8 Å². The zero-order valence-electron chi connectivity index (χ0n) is 9.74. The molecular weight excluding hydrogens is 262 g/mol. The van der Waals surface area contributed by atoms with Crippen LogP contribution in [0.5, 0.6) is 11.6 Å².